The lowest BCUT2D eigenvalue weighted by Crippen LogP contribution is -2.83. The predicted octanol–water partition coefficient (Wildman–Crippen LogP) is -7.31. The molecular formula is C17H29O14. The Kier molecular flexibility index (Phi) is 7.28. The first-order chi connectivity index (χ1) is 14.4. The maximum atomic E-state index is 11.6. The van der Waals surface area contributed by atoms with E-state index in [9.17, 15) is 56.2 Å². The van der Waals surface area contributed by atoms with E-state index >= 15 is 0 Å². The molecule has 181 valence electrons. The standard InChI is InChI=1S/C17H29O14/c18-1-6-9(22)10(23)12(25)15(31-6)17(28)13(26)7(2-19)30-4-16(17,27)14-11(24)8(21)5(20)3-29-14/h4-15,18-28H,1-3H2/t5-,6-,7-,8+,9-,10+,11-,12-,13-,14-,15-,16-,17-/m1/s1. The highest BCUT2D eigenvalue weighted by Crippen LogP contribution is 2.47. The number of ether oxygens (including phenoxy) is 3. The minimum Gasteiger partial charge on any atom is -0.394 e. The third-order valence-corrected chi connectivity index (χ3v) is 6.31. The maximum absolute atomic E-state index is 11.6. The van der Waals surface area contributed by atoms with Crippen LogP contribution in [0.3, 0.4) is 0 Å². The third-order valence-electron chi connectivity index (χ3n) is 6.31. The molecule has 0 spiro atoms. The Morgan fingerprint density at radius 3 is 1.90 bits per heavy atom. The largest absolute Gasteiger partial charge is 0.394 e. The highest BCUT2D eigenvalue weighted by Gasteiger charge is 2.72. The van der Waals surface area contributed by atoms with Crippen LogP contribution in [-0.2, 0) is 14.2 Å². The van der Waals surface area contributed by atoms with Crippen LogP contribution < -0.4 is 0 Å². The van der Waals surface area contributed by atoms with Gasteiger partial charge in [-0.15, -0.1) is 0 Å². The molecule has 1 radical (unpaired) electrons. The molecule has 0 bridgehead atoms. The Balaban J connectivity index is 2.08. The maximum Gasteiger partial charge on any atom is 0.156 e. The zero-order chi connectivity index (χ0) is 23.3. The topological polar surface area (TPSA) is 250 Å². The van der Waals surface area contributed by atoms with Gasteiger partial charge in [0.15, 0.2) is 11.2 Å². The van der Waals surface area contributed by atoms with Crippen molar-refractivity contribution >= 4 is 0 Å². The van der Waals surface area contributed by atoms with E-state index in [0.717, 1.165) is 0 Å². The van der Waals surface area contributed by atoms with Crippen molar-refractivity contribution in [3.8, 4) is 0 Å². The van der Waals surface area contributed by atoms with Crippen molar-refractivity contribution in [3.63, 3.8) is 0 Å². The summed E-state index contributed by atoms with van der Waals surface area (Å²) in [7, 11) is 0. The van der Waals surface area contributed by atoms with Gasteiger partial charge in [0, 0.05) is 0 Å². The quantitative estimate of drug-likeness (QED) is 0.188. The van der Waals surface area contributed by atoms with E-state index < -0.39 is 98.2 Å². The lowest BCUT2D eigenvalue weighted by molar-refractivity contribution is -0.373. The second kappa shape index (κ2) is 9.00. The second-order valence-electron chi connectivity index (χ2n) is 8.12. The summed E-state index contributed by atoms with van der Waals surface area (Å²) in [5.74, 6) is 0. The van der Waals surface area contributed by atoms with Crippen molar-refractivity contribution in [1.29, 1.82) is 0 Å². The lowest BCUT2D eigenvalue weighted by Gasteiger charge is -2.60. The summed E-state index contributed by atoms with van der Waals surface area (Å²) in [6, 6.07) is 0. The van der Waals surface area contributed by atoms with Gasteiger partial charge in [0.1, 0.15) is 73.8 Å². The molecule has 0 aromatic carbocycles. The first kappa shape index (κ1) is 25.1. The summed E-state index contributed by atoms with van der Waals surface area (Å²) in [5, 5.41) is 113. The van der Waals surface area contributed by atoms with Gasteiger partial charge in [0.05, 0.1) is 19.8 Å². The lowest BCUT2D eigenvalue weighted by atomic mass is 9.64. The summed E-state index contributed by atoms with van der Waals surface area (Å²) < 4.78 is 15.6. The van der Waals surface area contributed by atoms with E-state index in [1.165, 1.54) is 0 Å². The van der Waals surface area contributed by atoms with Gasteiger partial charge in [0.25, 0.3) is 0 Å². The fourth-order valence-electron chi connectivity index (χ4n) is 4.37. The van der Waals surface area contributed by atoms with E-state index in [1.54, 1.807) is 0 Å². The molecule has 31 heavy (non-hydrogen) atoms. The molecule has 3 aliphatic heterocycles. The molecule has 3 saturated heterocycles. The van der Waals surface area contributed by atoms with Crippen LogP contribution in [0.15, 0.2) is 0 Å². The van der Waals surface area contributed by atoms with Gasteiger partial charge in [-0.05, 0) is 0 Å². The number of hydrogen-bond donors (Lipinski definition) is 11. The minimum absolute atomic E-state index is 0.514. The molecule has 0 aliphatic carbocycles. The number of rotatable bonds is 4. The van der Waals surface area contributed by atoms with Gasteiger partial charge in [-0.3, -0.25) is 0 Å². The molecule has 11 N–H and O–H groups in total. The van der Waals surface area contributed by atoms with E-state index in [-0.39, 0.29) is 0 Å². The fraction of sp³-hybridized carbons (Fsp3) is 0.941. The summed E-state index contributed by atoms with van der Waals surface area (Å²) >= 11 is 0. The van der Waals surface area contributed by atoms with E-state index in [0.29, 0.717) is 6.61 Å². The van der Waals surface area contributed by atoms with E-state index in [2.05, 4.69) is 0 Å². The summed E-state index contributed by atoms with van der Waals surface area (Å²) in [6.07, 6.45) is -20.8. The van der Waals surface area contributed by atoms with Crippen LogP contribution in [0.4, 0.5) is 0 Å². The Labute approximate surface area is 176 Å². The normalized spacial score (nSPS) is 56.4. The predicted molar refractivity (Wildman–Crippen MR) is 93.7 cm³/mol. The third kappa shape index (κ3) is 3.70. The SMILES string of the molecule is OC[C@H]1O[C@@H]([C@]2(O)[C@H](O)[C@@H](CO)O[CH][C@@]2(O)[C@@H]2OC[C@@H](O)[C@H](O)[C@H]2O)[C@H](O)[C@@H](O)[C@@H]1O. The van der Waals surface area contributed by atoms with Crippen LogP contribution >= 0.6 is 0 Å². The molecule has 3 fully saturated rings. The molecule has 14 heteroatoms. The zero-order valence-corrected chi connectivity index (χ0v) is 16.2. The molecule has 0 aromatic heterocycles. The van der Waals surface area contributed by atoms with E-state index in [4.69, 9.17) is 14.2 Å². The number of aliphatic hydroxyl groups is 11. The van der Waals surface area contributed by atoms with Gasteiger partial charge >= 0.3 is 0 Å². The smallest absolute Gasteiger partial charge is 0.156 e. The van der Waals surface area contributed by atoms with Crippen LogP contribution in [0, 0.1) is 6.61 Å². The zero-order valence-electron chi connectivity index (χ0n) is 16.2. The molecule has 0 saturated carbocycles. The van der Waals surface area contributed by atoms with Gasteiger partial charge in [0.2, 0.25) is 0 Å². The summed E-state index contributed by atoms with van der Waals surface area (Å²) in [5.41, 5.74) is -6.06. The average molecular weight is 457 g/mol. The van der Waals surface area contributed by atoms with Crippen LogP contribution in [0.5, 0.6) is 0 Å². The minimum atomic E-state index is -3.10. The van der Waals surface area contributed by atoms with Crippen molar-refractivity contribution in [2.45, 2.75) is 78.3 Å². The molecule has 14 nitrogen and oxygen atoms in total. The van der Waals surface area contributed by atoms with Crippen LogP contribution in [0.2, 0.25) is 0 Å². The molecule has 13 atom stereocenters. The highest BCUT2D eigenvalue weighted by atomic mass is 16.6. The molecule has 3 aliphatic rings. The Bertz CT molecular complexity index is 622. The van der Waals surface area contributed by atoms with Crippen molar-refractivity contribution < 1.29 is 70.4 Å². The summed E-state index contributed by atoms with van der Waals surface area (Å²) in [4.78, 5) is 0. The van der Waals surface area contributed by atoms with Crippen molar-refractivity contribution in [2.75, 3.05) is 19.8 Å². The van der Waals surface area contributed by atoms with Gasteiger partial charge in [-0.1, -0.05) is 0 Å². The average Bonchev–Trinajstić information content (AvgIpc) is 2.74. The van der Waals surface area contributed by atoms with Crippen LogP contribution in [0.25, 0.3) is 0 Å². The van der Waals surface area contributed by atoms with Crippen molar-refractivity contribution in [2.24, 2.45) is 0 Å². The van der Waals surface area contributed by atoms with Gasteiger partial charge < -0.3 is 70.4 Å². The number of hydrogen-bond acceptors (Lipinski definition) is 14. The molecule has 3 rings (SSSR count). The molecule has 0 unspecified atom stereocenters. The highest BCUT2D eigenvalue weighted by molar-refractivity contribution is 5.24. The van der Waals surface area contributed by atoms with E-state index in [1.807, 2.05) is 0 Å². The molecular weight excluding hydrogens is 428 g/mol. The molecule has 0 amide bonds. The Hall–Kier alpha value is -0.560. The Morgan fingerprint density at radius 2 is 1.32 bits per heavy atom. The summed E-state index contributed by atoms with van der Waals surface area (Å²) in [6.45, 7) is -1.87. The monoisotopic (exact) mass is 457 g/mol. The van der Waals surface area contributed by atoms with Crippen molar-refractivity contribution in [3.05, 3.63) is 6.61 Å². The van der Waals surface area contributed by atoms with Crippen molar-refractivity contribution in [1.82, 2.24) is 0 Å². The number of aliphatic hydroxyl groups excluding tert-OH is 9. The first-order valence-corrected chi connectivity index (χ1v) is 9.65. The fourth-order valence-corrected chi connectivity index (χ4v) is 4.37. The van der Waals surface area contributed by atoms with Gasteiger partial charge in [-0.2, -0.15) is 0 Å². The molecule has 0 aromatic rings. The van der Waals surface area contributed by atoms with Crippen LogP contribution in [0.1, 0.15) is 0 Å². The Morgan fingerprint density at radius 1 is 0.742 bits per heavy atom. The molecule has 3 heterocycles. The van der Waals surface area contributed by atoms with Gasteiger partial charge in [-0.25, -0.2) is 0 Å². The van der Waals surface area contributed by atoms with Crippen LogP contribution in [-0.4, -0.2) is 154 Å². The second-order valence-corrected chi connectivity index (χ2v) is 8.12. The first-order valence-electron chi connectivity index (χ1n) is 9.65.